The topological polar surface area (TPSA) is 58.6 Å². The standard InChI is InChI=1S/C23H27NO3/c1-13-9-10-17-16(11-13)20-18(27-23(17,3)4)12-14(2)19(21(20)25)22(26)24-15-7-5-6-8-15/h9-12,15,25H,5-8H2,1-4H3,(H,24,26). The van der Waals surface area contributed by atoms with Gasteiger partial charge in [-0.15, -0.1) is 0 Å². The Hall–Kier alpha value is -2.49. The molecular formula is C23H27NO3. The zero-order valence-electron chi connectivity index (χ0n) is 16.5. The highest BCUT2D eigenvalue weighted by Crippen LogP contribution is 2.51. The SMILES string of the molecule is Cc1ccc2c(c1)-c1c(cc(C)c(C(=O)NC3CCCC3)c1O)OC2(C)C. The number of fused-ring (bicyclic) bond motifs is 3. The maximum absolute atomic E-state index is 12.9. The minimum absolute atomic E-state index is 0.0165. The van der Waals surface area contributed by atoms with Crippen molar-refractivity contribution in [3.05, 3.63) is 46.5 Å². The fourth-order valence-electron chi connectivity index (χ4n) is 4.44. The van der Waals surface area contributed by atoms with Crippen molar-refractivity contribution in [2.24, 2.45) is 0 Å². The number of phenols is 1. The van der Waals surface area contributed by atoms with Gasteiger partial charge in [-0.1, -0.05) is 36.6 Å². The van der Waals surface area contributed by atoms with E-state index in [1.807, 2.05) is 45.9 Å². The predicted octanol–water partition coefficient (Wildman–Crippen LogP) is 4.98. The second-order valence-corrected chi connectivity index (χ2v) is 8.41. The Balaban J connectivity index is 1.85. The predicted molar refractivity (Wildman–Crippen MR) is 106 cm³/mol. The Morgan fingerprint density at radius 3 is 2.59 bits per heavy atom. The van der Waals surface area contributed by atoms with Crippen molar-refractivity contribution < 1.29 is 14.6 Å². The molecule has 1 heterocycles. The van der Waals surface area contributed by atoms with Gasteiger partial charge in [0.25, 0.3) is 5.91 Å². The van der Waals surface area contributed by atoms with Crippen molar-refractivity contribution in [1.82, 2.24) is 5.32 Å². The van der Waals surface area contributed by atoms with Gasteiger partial charge in [-0.2, -0.15) is 0 Å². The van der Waals surface area contributed by atoms with E-state index in [9.17, 15) is 9.90 Å². The molecule has 27 heavy (non-hydrogen) atoms. The highest BCUT2D eigenvalue weighted by atomic mass is 16.5. The van der Waals surface area contributed by atoms with Crippen molar-refractivity contribution in [3.8, 4) is 22.6 Å². The molecule has 4 rings (SSSR count). The first kappa shape index (κ1) is 17.9. The van der Waals surface area contributed by atoms with Crippen molar-refractivity contribution in [2.45, 2.75) is 65.0 Å². The van der Waals surface area contributed by atoms with Crippen LogP contribution < -0.4 is 10.1 Å². The Labute approximate surface area is 160 Å². The van der Waals surface area contributed by atoms with Crippen molar-refractivity contribution in [1.29, 1.82) is 0 Å². The van der Waals surface area contributed by atoms with E-state index in [1.54, 1.807) is 0 Å². The molecule has 2 aromatic rings. The Morgan fingerprint density at radius 2 is 1.89 bits per heavy atom. The Kier molecular flexibility index (Phi) is 4.17. The molecular weight excluding hydrogens is 338 g/mol. The summed E-state index contributed by atoms with van der Waals surface area (Å²) in [4.78, 5) is 12.9. The number of aryl methyl sites for hydroxylation is 2. The normalized spacial score (nSPS) is 17.8. The summed E-state index contributed by atoms with van der Waals surface area (Å²) in [5.74, 6) is 0.451. The number of carbonyl (C=O) groups is 1. The Bertz CT molecular complexity index is 924. The van der Waals surface area contributed by atoms with Crippen molar-refractivity contribution in [3.63, 3.8) is 0 Å². The zero-order valence-corrected chi connectivity index (χ0v) is 16.5. The fraction of sp³-hybridized carbons (Fsp3) is 0.435. The second-order valence-electron chi connectivity index (χ2n) is 8.41. The lowest BCUT2D eigenvalue weighted by atomic mass is 9.83. The molecule has 2 aliphatic rings. The van der Waals surface area contributed by atoms with Crippen LogP contribution in [-0.4, -0.2) is 17.1 Å². The Morgan fingerprint density at radius 1 is 1.19 bits per heavy atom. The second kappa shape index (κ2) is 6.29. The molecule has 0 unspecified atom stereocenters. The van der Waals surface area contributed by atoms with Gasteiger partial charge in [0.15, 0.2) is 0 Å². The molecule has 1 fully saturated rings. The van der Waals surface area contributed by atoms with Gasteiger partial charge in [-0.25, -0.2) is 0 Å². The lowest BCUT2D eigenvalue weighted by molar-refractivity contribution is 0.0933. The molecule has 0 spiro atoms. The third kappa shape index (κ3) is 2.97. The van der Waals surface area contributed by atoms with Crippen molar-refractivity contribution in [2.75, 3.05) is 0 Å². The van der Waals surface area contributed by atoms with E-state index in [2.05, 4.69) is 11.4 Å². The van der Waals surface area contributed by atoms with Crippen LogP contribution in [0.25, 0.3) is 11.1 Å². The summed E-state index contributed by atoms with van der Waals surface area (Å²) in [5, 5.41) is 14.2. The molecule has 0 bridgehead atoms. The molecule has 0 atom stereocenters. The average Bonchev–Trinajstić information content (AvgIpc) is 3.06. The number of carbonyl (C=O) groups excluding carboxylic acids is 1. The van der Waals surface area contributed by atoms with E-state index in [1.165, 1.54) is 0 Å². The zero-order chi connectivity index (χ0) is 19.3. The van der Waals surface area contributed by atoms with Crippen molar-refractivity contribution >= 4 is 5.91 Å². The number of benzene rings is 2. The molecule has 0 aromatic heterocycles. The molecule has 0 radical (unpaired) electrons. The molecule has 1 amide bonds. The molecule has 1 saturated carbocycles. The van der Waals surface area contributed by atoms with Crippen LogP contribution in [0.4, 0.5) is 0 Å². The number of hydrogen-bond acceptors (Lipinski definition) is 3. The monoisotopic (exact) mass is 365 g/mol. The van der Waals surface area contributed by atoms with Crippen LogP contribution in [0.1, 0.15) is 66.6 Å². The minimum atomic E-state index is -0.497. The van der Waals surface area contributed by atoms with Gasteiger partial charge >= 0.3 is 0 Å². The molecule has 2 N–H and O–H groups in total. The number of aromatic hydroxyl groups is 1. The summed E-state index contributed by atoms with van der Waals surface area (Å²) in [6.45, 7) is 7.93. The van der Waals surface area contributed by atoms with Gasteiger partial charge in [-0.3, -0.25) is 4.79 Å². The number of hydrogen-bond donors (Lipinski definition) is 2. The summed E-state index contributed by atoms with van der Waals surface area (Å²) in [5.41, 5.74) is 4.27. The van der Waals surface area contributed by atoms with Gasteiger partial charge < -0.3 is 15.2 Å². The largest absolute Gasteiger partial charge is 0.506 e. The number of phenolic OH excluding ortho intramolecular Hbond substituents is 1. The number of ether oxygens (including phenoxy) is 1. The maximum atomic E-state index is 12.9. The highest BCUT2D eigenvalue weighted by Gasteiger charge is 2.36. The van der Waals surface area contributed by atoms with Gasteiger partial charge in [0.2, 0.25) is 0 Å². The third-order valence-corrected chi connectivity index (χ3v) is 5.84. The van der Waals surface area contributed by atoms with Crippen LogP contribution in [0.2, 0.25) is 0 Å². The van der Waals surface area contributed by atoms with Gasteiger partial charge in [0.05, 0.1) is 11.1 Å². The van der Waals surface area contributed by atoms with Crippen LogP contribution >= 0.6 is 0 Å². The summed E-state index contributed by atoms with van der Waals surface area (Å²) in [7, 11) is 0. The lowest BCUT2D eigenvalue weighted by Crippen LogP contribution is -2.33. The van der Waals surface area contributed by atoms with Gasteiger partial charge in [0, 0.05) is 11.6 Å². The molecule has 4 nitrogen and oxygen atoms in total. The lowest BCUT2D eigenvalue weighted by Gasteiger charge is -2.36. The van der Waals surface area contributed by atoms with Crippen LogP contribution in [0, 0.1) is 13.8 Å². The summed E-state index contributed by atoms with van der Waals surface area (Å²) in [6.07, 6.45) is 4.32. The van der Waals surface area contributed by atoms with Gasteiger partial charge in [-0.05, 0) is 57.7 Å². The third-order valence-electron chi connectivity index (χ3n) is 5.84. The number of rotatable bonds is 2. The molecule has 1 aliphatic heterocycles. The van der Waals surface area contributed by atoms with E-state index in [-0.39, 0.29) is 17.7 Å². The van der Waals surface area contributed by atoms with Gasteiger partial charge in [0.1, 0.15) is 17.1 Å². The first-order valence-corrected chi connectivity index (χ1v) is 9.76. The highest BCUT2D eigenvalue weighted by molar-refractivity contribution is 6.02. The molecule has 0 saturated heterocycles. The summed E-state index contributed by atoms with van der Waals surface area (Å²) >= 11 is 0. The van der Waals surface area contributed by atoms with Crippen LogP contribution in [-0.2, 0) is 5.60 Å². The number of nitrogens with one attached hydrogen (secondary N) is 1. The molecule has 142 valence electrons. The smallest absolute Gasteiger partial charge is 0.255 e. The maximum Gasteiger partial charge on any atom is 0.255 e. The first-order chi connectivity index (χ1) is 12.8. The quantitative estimate of drug-likeness (QED) is 0.789. The molecule has 1 aliphatic carbocycles. The van der Waals surface area contributed by atoms with E-state index in [0.717, 1.165) is 47.9 Å². The summed E-state index contributed by atoms with van der Waals surface area (Å²) < 4.78 is 6.22. The number of amides is 1. The first-order valence-electron chi connectivity index (χ1n) is 9.76. The molecule has 4 heteroatoms. The van der Waals surface area contributed by atoms with Crippen LogP contribution in [0.15, 0.2) is 24.3 Å². The molecule has 2 aromatic carbocycles. The minimum Gasteiger partial charge on any atom is -0.506 e. The van der Waals surface area contributed by atoms with E-state index in [0.29, 0.717) is 16.9 Å². The van der Waals surface area contributed by atoms with Crippen LogP contribution in [0.3, 0.4) is 0 Å². The van der Waals surface area contributed by atoms with E-state index < -0.39 is 5.60 Å². The fourth-order valence-corrected chi connectivity index (χ4v) is 4.44. The average molecular weight is 365 g/mol. The van der Waals surface area contributed by atoms with Crippen LogP contribution in [0.5, 0.6) is 11.5 Å². The van der Waals surface area contributed by atoms with E-state index >= 15 is 0 Å². The van der Waals surface area contributed by atoms with E-state index in [4.69, 9.17) is 4.74 Å². The summed E-state index contributed by atoms with van der Waals surface area (Å²) in [6, 6.07) is 8.24.